The first kappa shape index (κ1) is 22.6. The third-order valence-electron chi connectivity index (χ3n) is 5.58. The minimum absolute atomic E-state index is 0.224. The predicted molar refractivity (Wildman–Crippen MR) is 106 cm³/mol. The number of hydrogen-bond acceptors (Lipinski definition) is 6. The number of aliphatic hydroxyl groups excluding tert-OH is 1. The minimum Gasteiger partial charge on any atom is -0.456 e. The highest BCUT2D eigenvalue weighted by molar-refractivity contribution is 5.89. The molecule has 2 heterocycles. The number of esters is 2. The third kappa shape index (κ3) is 5.45. The van der Waals surface area contributed by atoms with Gasteiger partial charge in [0.1, 0.15) is 17.8 Å². The first-order chi connectivity index (χ1) is 13.2. The van der Waals surface area contributed by atoms with Gasteiger partial charge in [-0.3, -0.25) is 0 Å². The Bertz CT molecular complexity index is 625. The predicted octanol–water partition coefficient (Wildman–Crippen LogP) is 3.47. The molecule has 6 atom stereocenters. The molecule has 0 aliphatic carbocycles. The Morgan fingerprint density at radius 3 is 2.75 bits per heavy atom. The van der Waals surface area contributed by atoms with Crippen molar-refractivity contribution in [2.45, 2.75) is 96.7 Å². The molecule has 0 radical (unpaired) electrons. The van der Waals surface area contributed by atoms with Crippen LogP contribution in [0.1, 0.15) is 66.7 Å². The van der Waals surface area contributed by atoms with Crippen molar-refractivity contribution in [3.05, 3.63) is 23.8 Å². The van der Waals surface area contributed by atoms with Gasteiger partial charge in [0, 0.05) is 17.6 Å². The number of aliphatic hydroxyl groups is 1. The van der Waals surface area contributed by atoms with Crippen LogP contribution < -0.4 is 0 Å². The summed E-state index contributed by atoms with van der Waals surface area (Å²) in [5.74, 6) is -1.13. The minimum atomic E-state index is -0.732. The van der Waals surface area contributed by atoms with Crippen LogP contribution in [-0.2, 0) is 23.8 Å². The molecule has 0 amide bonds. The van der Waals surface area contributed by atoms with Crippen LogP contribution in [0, 0.1) is 5.92 Å². The van der Waals surface area contributed by atoms with Crippen molar-refractivity contribution in [1.29, 1.82) is 0 Å². The normalized spacial score (nSPS) is 33.8. The van der Waals surface area contributed by atoms with E-state index in [0.29, 0.717) is 12.0 Å². The molecule has 158 valence electrons. The van der Waals surface area contributed by atoms with Gasteiger partial charge in [0.15, 0.2) is 0 Å². The van der Waals surface area contributed by atoms with Gasteiger partial charge in [-0.25, -0.2) is 9.59 Å². The molecule has 1 N–H and O–H groups in total. The number of carbonyl (C=O) groups excluding carboxylic acids is 2. The average Bonchev–Trinajstić information content (AvgIpc) is 2.62. The van der Waals surface area contributed by atoms with Crippen molar-refractivity contribution in [1.82, 2.24) is 0 Å². The van der Waals surface area contributed by atoms with Gasteiger partial charge in [0.25, 0.3) is 0 Å². The van der Waals surface area contributed by atoms with E-state index in [1.807, 2.05) is 20.8 Å². The van der Waals surface area contributed by atoms with Crippen molar-refractivity contribution in [3.63, 3.8) is 0 Å². The highest BCUT2D eigenvalue weighted by Crippen LogP contribution is 2.41. The summed E-state index contributed by atoms with van der Waals surface area (Å²) in [5, 5.41) is 9.97. The molecular weight excluding hydrogens is 360 g/mol. The monoisotopic (exact) mass is 394 g/mol. The van der Waals surface area contributed by atoms with Crippen molar-refractivity contribution in [3.8, 4) is 0 Å². The van der Waals surface area contributed by atoms with E-state index < -0.39 is 29.9 Å². The molecule has 0 saturated carbocycles. The van der Waals surface area contributed by atoms with Gasteiger partial charge in [0.05, 0.1) is 12.2 Å². The molecule has 0 aromatic carbocycles. The zero-order valence-electron chi connectivity index (χ0n) is 17.6. The highest BCUT2D eigenvalue weighted by Gasteiger charge is 2.53. The zero-order valence-corrected chi connectivity index (χ0v) is 17.6. The van der Waals surface area contributed by atoms with Crippen LogP contribution in [-0.4, -0.2) is 47.1 Å². The van der Waals surface area contributed by atoms with Gasteiger partial charge in [-0.05, 0) is 39.3 Å². The van der Waals surface area contributed by atoms with E-state index in [1.54, 1.807) is 13.0 Å². The second-order valence-electron chi connectivity index (χ2n) is 8.20. The summed E-state index contributed by atoms with van der Waals surface area (Å²) in [6.45, 7) is 9.47. The van der Waals surface area contributed by atoms with E-state index in [-0.39, 0.29) is 18.0 Å². The summed E-state index contributed by atoms with van der Waals surface area (Å²) in [7, 11) is 0. The Morgan fingerprint density at radius 2 is 2.07 bits per heavy atom. The molecule has 2 rings (SSSR count). The summed E-state index contributed by atoms with van der Waals surface area (Å²) in [5.41, 5.74) is -0.214. The lowest BCUT2D eigenvalue weighted by Gasteiger charge is -2.50. The average molecular weight is 395 g/mol. The maximum Gasteiger partial charge on any atom is 0.333 e. The first-order valence-corrected chi connectivity index (χ1v) is 10.3. The van der Waals surface area contributed by atoms with Gasteiger partial charge in [0.2, 0.25) is 0 Å². The van der Waals surface area contributed by atoms with Gasteiger partial charge in [-0.1, -0.05) is 39.5 Å². The molecule has 1 saturated heterocycles. The molecule has 1 fully saturated rings. The first-order valence-electron chi connectivity index (χ1n) is 10.3. The highest BCUT2D eigenvalue weighted by atomic mass is 16.6. The second-order valence-corrected chi connectivity index (χ2v) is 8.20. The molecule has 0 aromatic heterocycles. The standard InChI is InChI=1S/C22H34O6/c1-6-7-8-9-10-17(23)11-12-18(24)26-19-15(3)20-22(5,28-16(19)4)13-14(2)21(25)27-20/h11-13,15-17,19-20,23H,6-10H2,1-5H3/b12-11+/t15-,16+,17+,19-,20+,22-/m1/s1. The smallest absolute Gasteiger partial charge is 0.333 e. The maximum absolute atomic E-state index is 12.2. The molecule has 6 heteroatoms. The Hall–Kier alpha value is -1.66. The summed E-state index contributed by atoms with van der Waals surface area (Å²) in [6, 6.07) is 0. The number of carbonyl (C=O) groups is 2. The fraction of sp³-hybridized carbons (Fsp3) is 0.727. The number of hydrogen-bond donors (Lipinski definition) is 1. The van der Waals surface area contributed by atoms with Crippen molar-refractivity contribution in [2.24, 2.45) is 5.92 Å². The molecule has 28 heavy (non-hydrogen) atoms. The van der Waals surface area contributed by atoms with Crippen LogP contribution in [0.3, 0.4) is 0 Å². The fourth-order valence-corrected chi connectivity index (χ4v) is 4.14. The molecule has 0 bridgehead atoms. The second kappa shape index (κ2) is 9.70. The lowest BCUT2D eigenvalue weighted by atomic mass is 9.78. The summed E-state index contributed by atoms with van der Waals surface area (Å²) < 4.78 is 17.2. The molecule has 6 nitrogen and oxygen atoms in total. The third-order valence-corrected chi connectivity index (χ3v) is 5.58. The Morgan fingerprint density at radius 1 is 1.36 bits per heavy atom. The van der Waals surface area contributed by atoms with E-state index in [9.17, 15) is 14.7 Å². The fourth-order valence-electron chi connectivity index (χ4n) is 4.14. The van der Waals surface area contributed by atoms with Gasteiger partial charge in [-0.2, -0.15) is 0 Å². The van der Waals surface area contributed by atoms with E-state index in [1.165, 1.54) is 12.2 Å². The molecule has 2 aliphatic heterocycles. The van der Waals surface area contributed by atoms with Gasteiger partial charge < -0.3 is 19.3 Å². The van der Waals surface area contributed by atoms with Gasteiger partial charge in [-0.15, -0.1) is 0 Å². The van der Waals surface area contributed by atoms with Crippen LogP contribution in [0.15, 0.2) is 23.8 Å². The summed E-state index contributed by atoms with van der Waals surface area (Å²) >= 11 is 0. The topological polar surface area (TPSA) is 82.1 Å². The van der Waals surface area contributed by atoms with Crippen LogP contribution in [0.4, 0.5) is 0 Å². The molecule has 0 unspecified atom stereocenters. The zero-order chi connectivity index (χ0) is 20.9. The van der Waals surface area contributed by atoms with E-state index >= 15 is 0 Å². The van der Waals surface area contributed by atoms with E-state index in [0.717, 1.165) is 25.7 Å². The number of ether oxygens (including phenoxy) is 3. The van der Waals surface area contributed by atoms with Crippen LogP contribution >= 0.6 is 0 Å². The largest absolute Gasteiger partial charge is 0.456 e. The van der Waals surface area contributed by atoms with Gasteiger partial charge >= 0.3 is 11.9 Å². The van der Waals surface area contributed by atoms with Crippen molar-refractivity contribution in [2.75, 3.05) is 0 Å². The Balaban J connectivity index is 1.94. The molecular formula is C22H34O6. The summed E-state index contributed by atoms with van der Waals surface area (Å²) in [4.78, 5) is 24.2. The molecule has 2 aliphatic rings. The quantitative estimate of drug-likeness (QED) is 0.386. The Kier molecular flexibility index (Phi) is 7.84. The number of rotatable bonds is 8. The summed E-state index contributed by atoms with van der Waals surface area (Å²) in [6.07, 6.45) is 7.39. The van der Waals surface area contributed by atoms with Crippen molar-refractivity contribution < 1.29 is 28.9 Å². The number of fused-ring (bicyclic) bond motifs is 1. The van der Waals surface area contributed by atoms with Crippen LogP contribution in [0.25, 0.3) is 0 Å². The van der Waals surface area contributed by atoms with Crippen LogP contribution in [0.5, 0.6) is 0 Å². The number of unbranched alkanes of at least 4 members (excludes halogenated alkanes) is 3. The van der Waals surface area contributed by atoms with E-state index in [2.05, 4.69) is 6.92 Å². The maximum atomic E-state index is 12.2. The molecule has 0 spiro atoms. The van der Waals surface area contributed by atoms with Crippen molar-refractivity contribution >= 4 is 11.9 Å². The lowest BCUT2D eigenvalue weighted by Crippen LogP contribution is -2.61. The lowest BCUT2D eigenvalue weighted by molar-refractivity contribution is -0.239. The van der Waals surface area contributed by atoms with E-state index in [4.69, 9.17) is 14.2 Å². The Labute approximate surface area is 167 Å². The SMILES string of the molecule is CCCCCC[C@H](O)/C=C/C(=O)O[C@@H]1[C@@H](C)[C@@H]2OC(=O)C(C)=C[C@@]2(C)O[C@H]1C. The molecule has 0 aromatic rings. The van der Waals surface area contributed by atoms with Crippen LogP contribution in [0.2, 0.25) is 0 Å².